The number of nitro benzene ring substituents is 1. The maximum atomic E-state index is 12.3. The van der Waals surface area contributed by atoms with E-state index in [1.165, 1.54) is 24.3 Å². The standard InChI is InChI=1S/C18H15N3O4/c19-17-15(18(22)20-9-8-12-4-2-1-3-5-12)11-13-10-14(21(23)24)6-7-16(13)25-17/h1-7,10-11,19H,8-9H2,(H,20,22). The van der Waals surface area contributed by atoms with Gasteiger partial charge in [-0.1, -0.05) is 30.3 Å². The molecule has 126 valence electrons. The van der Waals surface area contributed by atoms with Crippen LogP contribution >= 0.6 is 0 Å². The predicted octanol–water partition coefficient (Wildman–Crippen LogP) is 2.79. The molecule has 0 saturated heterocycles. The molecular formula is C18H15N3O4. The van der Waals surface area contributed by atoms with Gasteiger partial charge in [0.25, 0.3) is 11.6 Å². The van der Waals surface area contributed by atoms with Gasteiger partial charge in [0.05, 0.1) is 4.92 Å². The van der Waals surface area contributed by atoms with Gasteiger partial charge >= 0.3 is 0 Å². The van der Waals surface area contributed by atoms with Gasteiger partial charge in [-0.3, -0.25) is 20.3 Å². The van der Waals surface area contributed by atoms with E-state index in [4.69, 9.17) is 9.83 Å². The highest BCUT2D eigenvalue weighted by Crippen LogP contribution is 2.20. The first-order valence-electron chi connectivity index (χ1n) is 7.63. The Morgan fingerprint density at radius 1 is 1.16 bits per heavy atom. The van der Waals surface area contributed by atoms with Gasteiger partial charge in [0.15, 0.2) is 0 Å². The number of hydrogen-bond donors (Lipinski definition) is 2. The topological polar surface area (TPSA) is 109 Å². The smallest absolute Gasteiger partial charge is 0.270 e. The first kappa shape index (κ1) is 16.4. The summed E-state index contributed by atoms with van der Waals surface area (Å²) in [5, 5.41) is 21.9. The van der Waals surface area contributed by atoms with Crippen LogP contribution in [0.5, 0.6) is 0 Å². The molecule has 1 heterocycles. The van der Waals surface area contributed by atoms with Crippen molar-refractivity contribution in [2.45, 2.75) is 6.42 Å². The van der Waals surface area contributed by atoms with Crippen molar-refractivity contribution < 1.29 is 14.1 Å². The first-order valence-corrected chi connectivity index (χ1v) is 7.63. The molecule has 7 heteroatoms. The maximum absolute atomic E-state index is 12.3. The van der Waals surface area contributed by atoms with Gasteiger partial charge in [0, 0.05) is 24.1 Å². The van der Waals surface area contributed by atoms with Crippen LogP contribution in [0.15, 0.2) is 59.0 Å². The molecule has 7 nitrogen and oxygen atoms in total. The van der Waals surface area contributed by atoms with Crippen molar-refractivity contribution in [3.8, 4) is 0 Å². The fraction of sp³-hybridized carbons (Fsp3) is 0.111. The van der Waals surface area contributed by atoms with Gasteiger partial charge in [-0.15, -0.1) is 0 Å². The van der Waals surface area contributed by atoms with E-state index in [2.05, 4.69) is 5.32 Å². The van der Waals surface area contributed by atoms with Gasteiger partial charge in [-0.05, 0) is 24.1 Å². The minimum Gasteiger partial charge on any atom is -0.438 e. The van der Waals surface area contributed by atoms with Crippen molar-refractivity contribution in [1.82, 2.24) is 5.32 Å². The van der Waals surface area contributed by atoms with E-state index in [1.54, 1.807) is 0 Å². The number of carbonyl (C=O) groups excluding carboxylic acids is 1. The Bertz CT molecular complexity index is 996. The second-order valence-corrected chi connectivity index (χ2v) is 5.46. The van der Waals surface area contributed by atoms with E-state index >= 15 is 0 Å². The van der Waals surface area contributed by atoms with Crippen LogP contribution in [0.2, 0.25) is 0 Å². The highest BCUT2D eigenvalue weighted by atomic mass is 16.6. The summed E-state index contributed by atoms with van der Waals surface area (Å²) in [4.78, 5) is 22.6. The van der Waals surface area contributed by atoms with Gasteiger partial charge in [-0.2, -0.15) is 0 Å². The summed E-state index contributed by atoms with van der Waals surface area (Å²) in [5.74, 6) is -0.446. The van der Waals surface area contributed by atoms with Crippen LogP contribution < -0.4 is 10.9 Å². The molecule has 3 rings (SSSR count). The second-order valence-electron chi connectivity index (χ2n) is 5.46. The maximum Gasteiger partial charge on any atom is 0.270 e. The molecule has 0 saturated carbocycles. The SMILES string of the molecule is N=c1oc2ccc([N+](=O)[O-])cc2cc1C(=O)NCCc1ccccc1. The lowest BCUT2D eigenvalue weighted by atomic mass is 10.1. The number of fused-ring (bicyclic) bond motifs is 1. The third-order valence-electron chi connectivity index (χ3n) is 3.75. The lowest BCUT2D eigenvalue weighted by molar-refractivity contribution is -0.384. The van der Waals surface area contributed by atoms with Crippen LogP contribution in [-0.2, 0) is 6.42 Å². The molecule has 1 amide bonds. The molecule has 1 aromatic heterocycles. The zero-order chi connectivity index (χ0) is 17.8. The summed E-state index contributed by atoms with van der Waals surface area (Å²) >= 11 is 0. The van der Waals surface area contributed by atoms with Crippen molar-refractivity contribution in [2.75, 3.05) is 6.54 Å². The van der Waals surface area contributed by atoms with Gasteiger partial charge in [0.1, 0.15) is 11.1 Å². The number of hydrogen-bond acceptors (Lipinski definition) is 5. The van der Waals surface area contributed by atoms with E-state index in [9.17, 15) is 14.9 Å². The van der Waals surface area contributed by atoms with Crippen molar-refractivity contribution in [3.05, 3.63) is 81.4 Å². The second kappa shape index (κ2) is 6.96. The van der Waals surface area contributed by atoms with Crippen LogP contribution in [0.3, 0.4) is 0 Å². The number of nitrogens with one attached hydrogen (secondary N) is 2. The zero-order valence-corrected chi connectivity index (χ0v) is 13.2. The largest absolute Gasteiger partial charge is 0.438 e. The number of carbonyl (C=O) groups is 1. The van der Waals surface area contributed by atoms with Gasteiger partial charge in [-0.25, -0.2) is 0 Å². The minimum absolute atomic E-state index is 0.0426. The highest BCUT2D eigenvalue weighted by molar-refractivity contribution is 5.96. The molecule has 0 aliphatic carbocycles. The van der Waals surface area contributed by atoms with E-state index in [0.29, 0.717) is 23.9 Å². The summed E-state index contributed by atoms with van der Waals surface area (Å²) in [6.45, 7) is 0.412. The van der Waals surface area contributed by atoms with Crippen molar-refractivity contribution in [1.29, 1.82) is 5.41 Å². The van der Waals surface area contributed by atoms with E-state index in [0.717, 1.165) is 5.56 Å². The highest BCUT2D eigenvalue weighted by Gasteiger charge is 2.13. The average molecular weight is 337 g/mol. The lowest BCUT2D eigenvalue weighted by Crippen LogP contribution is -2.30. The number of nitrogens with zero attached hydrogens (tertiary/aromatic N) is 1. The molecule has 0 radical (unpaired) electrons. The van der Waals surface area contributed by atoms with Crippen LogP contribution in [0, 0.1) is 15.5 Å². The normalized spacial score (nSPS) is 10.6. The fourth-order valence-corrected chi connectivity index (χ4v) is 2.47. The molecule has 25 heavy (non-hydrogen) atoms. The molecule has 0 aliphatic rings. The zero-order valence-electron chi connectivity index (χ0n) is 13.2. The minimum atomic E-state index is -0.520. The Morgan fingerprint density at radius 3 is 2.64 bits per heavy atom. The summed E-state index contributed by atoms with van der Waals surface area (Å²) in [5.41, 5.74) is 1.07. The summed E-state index contributed by atoms with van der Waals surface area (Å²) in [7, 11) is 0. The molecule has 0 atom stereocenters. The number of benzene rings is 2. The molecule has 2 N–H and O–H groups in total. The van der Waals surface area contributed by atoms with Crippen molar-refractivity contribution in [3.63, 3.8) is 0 Å². The number of nitro groups is 1. The lowest BCUT2D eigenvalue weighted by Gasteiger charge is -2.06. The molecule has 2 aromatic carbocycles. The van der Waals surface area contributed by atoms with E-state index < -0.39 is 10.8 Å². The van der Waals surface area contributed by atoms with Crippen molar-refractivity contribution in [2.24, 2.45) is 0 Å². The quantitative estimate of drug-likeness (QED) is 0.551. The van der Waals surface area contributed by atoms with Gasteiger partial charge in [0.2, 0.25) is 5.55 Å². The molecule has 0 spiro atoms. The van der Waals surface area contributed by atoms with E-state index in [-0.39, 0.29) is 16.8 Å². The third kappa shape index (κ3) is 3.72. The summed E-state index contributed by atoms with van der Waals surface area (Å²) in [6.07, 6.45) is 0.663. The Labute approximate surface area is 142 Å². The molecule has 3 aromatic rings. The number of non-ortho nitro benzene ring substituents is 1. The number of rotatable bonds is 5. The molecule has 0 unspecified atom stereocenters. The Balaban J connectivity index is 1.79. The van der Waals surface area contributed by atoms with Crippen LogP contribution in [-0.4, -0.2) is 17.4 Å². The van der Waals surface area contributed by atoms with Gasteiger partial charge < -0.3 is 9.73 Å². The predicted molar refractivity (Wildman–Crippen MR) is 91.2 cm³/mol. The fourth-order valence-electron chi connectivity index (χ4n) is 2.47. The number of amides is 1. The van der Waals surface area contributed by atoms with Crippen LogP contribution in [0.4, 0.5) is 5.69 Å². The molecule has 0 aliphatic heterocycles. The molecular weight excluding hydrogens is 322 g/mol. The molecule has 0 fully saturated rings. The average Bonchev–Trinajstić information content (AvgIpc) is 2.61. The van der Waals surface area contributed by atoms with Crippen molar-refractivity contribution >= 4 is 22.6 Å². The summed E-state index contributed by atoms with van der Waals surface area (Å²) < 4.78 is 5.30. The summed E-state index contributed by atoms with van der Waals surface area (Å²) in [6, 6.07) is 15.2. The Hall–Kier alpha value is -3.48. The Morgan fingerprint density at radius 2 is 1.92 bits per heavy atom. The molecule has 0 bridgehead atoms. The van der Waals surface area contributed by atoms with Crippen LogP contribution in [0.25, 0.3) is 11.0 Å². The van der Waals surface area contributed by atoms with E-state index in [1.807, 2.05) is 30.3 Å². The third-order valence-corrected chi connectivity index (χ3v) is 3.75. The first-order chi connectivity index (χ1) is 12.0. The monoisotopic (exact) mass is 337 g/mol. The Kier molecular flexibility index (Phi) is 4.56. The van der Waals surface area contributed by atoms with Crippen LogP contribution in [0.1, 0.15) is 15.9 Å².